The lowest BCUT2D eigenvalue weighted by atomic mass is 9.79. The second-order valence-corrected chi connectivity index (χ2v) is 6.06. The fraction of sp³-hybridized carbons (Fsp3) is 0.533. The topological polar surface area (TPSA) is 20.3 Å². The van der Waals surface area contributed by atoms with Crippen LogP contribution in [-0.2, 0) is 4.79 Å². The van der Waals surface area contributed by atoms with E-state index in [-0.39, 0.29) is 17.3 Å². The van der Waals surface area contributed by atoms with E-state index >= 15 is 0 Å². The Morgan fingerprint density at radius 3 is 2.78 bits per heavy atom. The van der Waals surface area contributed by atoms with E-state index in [0.29, 0.717) is 5.92 Å². The first-order valence-corrected chi connectivity index (χ1v) is 6.90. The van der Waals surface area contributed by atoms with E-state index in [4.69, 9.17) is 11.6 Å². The van der Waals surface area contributed by atoms with E-state index in [9.17, 15) is 4.79 Å². The first-order chi connectivity index (χ1) is 8.38. The van der Waals surface area contributed by atoms with Gasteiger partial charge >= 0.3 is 0 Å². The highest BCUT2D eigenvalue weighted by molar-refractivity contribution is 6.29. The predicted molar refractivity (Wildman–Crippen MR) is 76.5 cm³/mol. The highest BCUT2D eigenvalue weighted by Gasteiger charge is 2.40. The van der Waals surface area contributed by atoms with Crippen molar-refractivity contribution in [2.45, 2.75) is 45.6 Å². The van der Waals surface area contributed by atoms with Gasteiger partial charge in [0.05, 0.1) is 5.69 Å². The van der Waals surface area contributed by atoms with Crippen molar-refractivity contribution in [3.8, 4) is 0 Å². The Morgan fingerprint density at radius 2 is 2.17 bits per heavy atom. The summed E-state index contributed by atoms with van der Waals surface area (Å²) in [6.45, 7) is 8.51. The van der Waals surface area contributed by atoms with Gasteiger partial charge in [-0.05, 0) is 44.2 Å². The quantitative estimate of drug-likeness (QED) is 0.706. The highest BCUT2D eigenvalue weighted by Crippen LogP contribution is 2.44. The maximum Gasteiger partial charge on any atom is 0.242 e. The van der Waals surface area contributed by atoms with Gasteiger partial charge in [0.2, 0.25) is 5.91 Å². The Hall–Kier alpha value is -1.02. The molecule has 2 nitrogen and oxygen atoms in total. The number of benzene rings is 1. The van der Waals surface area contributed by atoms with Crippen molar-refractivity contribution < 1.29 is 4.79 Å². The van der Waals surface area contributed by atoms with E-state index in [1.54, 1.807) is 0 Å². The molecule has 0 radical (unpaired) electrons. The molecule has 2 rings (SSSR count). The van der Waals surface area contributed by atoms with Crippen LogP contribution in [0.15, 0.2) is 18.2 Å². The molecular formula is C15H20ClNO. The standard InChI is InChI=1S/C15H20ClNO/c1-10-6-5-7-12-11(2)8-15(3,4)17(14(10)12)13(18)9-16/h5-7,11H,8-9H2,1-4H3. The summed E-state index contributed by atoms with van der Waals surface area (Å²) in [5.41, 5.74) is 3.29. The Labute approximate surface area is 114 Å². The molecule has 0 aromatic heterocycles. The number of fused-ring (bicyclic) bond motifs is 1. The molecule has 1 aromatic rings. The fourth-order valence-corrected chi connectivity index (χ4v) is 3.28. The summed E-state index contributed by atoms with van der Waals surface area (Å²) in [5.74, 6) is 0.490. The summed E-state index contributed by atoms with van der Waals surface area (Å²) in [5, 5.41) is 0. The van der Waals surface area contributed by atoms with Gasteiger partial charge in [0.15, 0.2) is 0 Å². The largest absolute Gasteiger partial charge is 0.305 e. The third-order valence-electron chi connectivity index (χ3n) is 3.80. The van der Waals surface area contributed by atoms with Crippen LogP contribution in [0.4, 0.5) is 5.69 Å². The summed E-state index contributed by atoms with van der Waals surface area (Å²) < 4.78 is 0. The zero-order chi connectivity index (χ0) is 13.5. The van der Waals surface area contributed by atoms with Crippen LogP contribution in [0.5, 0.6) is 0 Å². The Bertz CT molecular complexity index is 481. The third kappa shape index (κ3) is 2.03. The number of aryl methyl sites for hydroxylation is 1. The molecule has 3 heteroatoms. The molecule has 0 N–H and O–H groups in total. The minimum absolute atomic E-state index is 0.0101. The molecule has 0 saturated heterocycles. The third-order valence-corrected chi connectivity index (χ3v) is 4.03. The molecule has 1 atom stereocenters. The van der Waals surface area contributed by atoms with Gasteiger partial charge in [-0.3, -0.25) is 4.79 Å². The van der Waals surface area contributed by atoms with Crippen LogP contribution in [0.25, 0.3) is 0 Å². The number of amides is 1. The SMILES string of the molecule is Cc1cccc2c1N(C(=O)CCl)C(C)(C)CC2C. The Balaban J connectivity index is 2.64. The summed E-state index contributed by atoms with van der Waals surface area (Å²) in [7, 11) is 0. The summed E-state index contributed by atoms with van der Waals surface area (Å²) in [4.78, 5) is 14.1. The predicted octanol–water partition coefficient (Wildman–Crippen LogP) is 3.85. The summed E-state index contributed by atoms with van der Waals surface area (Å²) in [6, 6.07) is 6.24. The number of hydrogen-bond acceptors (Lipinski definition) is 1. The number of para-hydroxylation sites is 1. The second kappa shape index (κ2) is 4.58. The molecule has 0 bridgehead atoms. The molecule has 0 fully saturated rings. The van der Waals surface area contributed by atoms with Gasteiger partial charge in [-0.2, -0.15) is 0 Å². The Kier molecular flexibility index (Phi) is 3.41. The van der Waals surface area contributed by atoms with E-state index in [1.807, 2.05) is 4.90 Å². The van der Waals surface area contributed by atoms with Gasteiger partial charge in [0.1, 0.15) is 5.88 Å². The van der Waals surface area contributed by atoms with E-state index in [2.05, 4.69) is 45.9 Å². The fourth-order valence-electron chi connectivity index (χ4n) is 3.16. The van der Waals surface area contributed by atoms with Crippen molar-refractivity contribution in [3.63, 3.8) is 0 Å². The van der Waals surface area contributed by atoms with Crippen molar-refractivity contribution >= 4 is 23.2 Å². The van der Waals surface area contributed by atoms with Crippen molar-refractivity contribution in [2.24, 2.45) is 0 Å². The first kappa shape index (κ1) is 13.4. The molecule has 1 aliphatic heterocycles. The Morgan fingerprint density at radius 1 is 1.50 bits per heavy atom. The molecule has 1 aromatic carbocycles. The van der Waals surface area contributed by atoms with Gasteiger partial charge in [0.25, 0.3) is 0 Å². The summed E-state index contributed by atoms with van der Waals surface area (Å²) >= 11 is 5.78. The molecular weight excluding hydrogens is 246 g/mol. The molecule has 0 spiro atoms. The van der Waals surface area contributed by atoms with Crippen molar-refractivity contribution in [2.75, 3.05) is 10.8 Å². The zero-order valence-corrected chi connectivity index (χ0v) is 12.2. The smallest absolute Gasteiger partial charge is 0.242 e. The van der Waals surface area contributed by atoms with Crippen LogP contribution in [0.3, 0.4) is 0 Å². The van der Waals surface area contributed by atoms with Gasteiger partial charge in [0, 0.05) is 5.54 Å². The maximum atomic E-state index is 12.2. The average molecular weight is 266 g/mol. The molecule has 1 unspecified atom stereocenters. The maximum absolute atomic E-state index is 12.2. The van der Waals surface area contributed by atoms with Crippen molar-refractivity contribution in [1.82, 2.24) is 0 Å². The number of halogens is 1. The number of anilines is 1. The van der Waals surface area contributed by atoms with Gasteiger partial charge in [-0.1, -0.05) is 25.1 Å². The van der Waals surface area contributed by atoms with Crippen LogP contribution < -0.4 is 4.90 Å². The number of alkyl halides is 1. The lowest BCUT2D eigenvalue weighted by Gasteiger charge is -2.46. The molecule has 1 aliphatic rings. The first-order valence-electron chi connectivity index (χ1n) is 6.37. The van der Waals surface area contributed by atoms with Crippen LogP contribution in [0.2, 0.25) is 0 Å². The van der Waals surface area contributed by atoms with Crippen LogP contribution >= 0.6 is 11.6 Å². The molecule has 1 amide bonds. The minimum atomic E-state index is -0.176. The van der Waals surface area contributed by atoms with Gasteiger partial charge < -0.3 is 4.90 Å². The molecule has 18 heavy (non-hydrogen) atoms. The second-order valence-electron chi connectivity index (χ2n) is 5.79. The highest BCUT2D eigenvalue weighted by atomic mass is 35.5. The summed E-state index contributed by atoms with van der Waals surface area (Å²) in [6.07, 6.45) is 0.964. The minimum Gasteiger partial charge on any atom is -0.305 e. The lowest BCUT2D eigenvalue weighted by molar-refractivity contribution is -0.117. The zero-order valence-electron chi connectivity index (χ0n) is 11.5. The van der Waals surface area contributed by atoms with Gasteiger partial charge in [-0.15, -0.1) is 11.6 Å². The number of nitrogens with zero attached hydrogens (tertiary/aromatic N) is 1. The number of rotatable bonds is 1. The van der Waals surface area contributed by atoms with Crippen LogP contribution in [0.1, 0.15) is 44.2 Å². The number of carbonyl (C=O) groups is 1. The number of hydrogen-bond donors (Lipinski definition) is 0. The monoisotopic (exact) mass is 265 g/mol. The van der Waals surface area contributed by atoms with Crippen molar-refractivity contribution in [3.05, 3.63) is 29.3 Å². The molecule has 0 aliphatic carbocycles. The average Bonchev–Trinajstić information content (AvgIpc) is 2.29. The molecule has 1 heterocycles. The molecule has 98 valence electrons. The van der Waals surface area contributed by atoms with Crippen LogP contribution in [-0.4, -0.2) is 17.3 Å². The lowest BCUT2D eigenvalue weighted by Crippen LogP contribution is -2.52. The molecule has 0 saturated carbocycles. The number of carbonyl (C=O) groups excluding carboxylic acids is 1. The van der Waals surface area contributed by atoms with Gasteiger partial charge in [-0.25, -0.2) is 0 Å². The van der Waals surface area contributed by atoms with Crippen molar-refractivity contribution in [1.29, 1.82) is 0 Å². The van der Waals surface area contributed by atoms with Crippen LogP contribution in [0, 0.1) is 6.92 Å². The normalized spacial score (nSPS) is 21.6. The van der Waals surface area contributed by atoms with E-state index in [1.165, 1.54) is 5.56 Å². The van der Waals surface area contributed by atoms with E-state index < -0.39 is 0 Å². The van der Waals surface area contributed by atoms with E-state index in [0.717, 1.165) is 17.7 Å².